The summed E-state index contributed by atoms with van der Waals surface area (Å²) in [7, 11) is 0. The molecule has 0 unspecified atom stereocenters. The molecular weight excluding hydrogens is 374 g/mol. The van der Waals surface area contributed by atoms with Crippen LogP contribution in [0.5, 0.6) is 0 Å². The lowest BCUT2D eigenvalue weighted by molar-refractivity contribution is -0.196. The van der Waals surface area contributed by atoms with E-state index in [0.717, 1.165) is 0 Å². The van der Waals surface area contributed by atoms with Gasteiger partial charge in [0, 0.05) is 31.5 Å². The van der Waals surface area contributed by atoms with Crippen LogP contribution in [-0.2, 0) is 33.5 Å². The molecule has 28 heavy (non-hydrogen) atoms. The van der Waals surface area contributed by atoms with E-state index < -0.39 is 36.0 Å². The SMILES string of the molecule is CC(C)(C)OC(=O)NCC(=O)ON1C(=O)CCC1=O.CCN1C(=O)C=CC1=O. The van der Waals surface area contributed by atoms with Crippen molar-refractivity contribution in [3.05, 3.63) is 12.2 Å². The number of carbonyl (C=O) groups is 6. The van der Waals surface area contributed by atoms with Gasteiger partial charge in [0.15, 0.2) is 0 Å². The first-order valence-electron chi connectivity index (χ1n) is 8.51. The number of hydroxylamine groups is 2. The Morgan fingerprint density at radius 2 is 1.54 bits per heavy atom. The molecular formula is C17H23N3O8. The summed E-state index contributed by atoms with van der Waals surface area (Å²) < 4.78 is 4.90. The van der Waals surface area contributed by atoms with Crippen molar-refractivity contribution in [1.82, 2.24) is 15.3 Å². The van der Waals surface area contributed by atoms with Gasteiger partial charge in [-0.15, -0.1) is 5.06 Å². The second-order valence-corrected chi connectivity index (χ2v) is 6.65. The van der Waals surface area contributed by atoms with Crippen LogP contribution in [0.1, 0.15) is 40.5 Å². The second kappa shape index (κ2) is 9.62. The Kier molecular flexibility index (Phi) is 7.84. The summed E-state index contributed by atoms with van der Waals surface area (Å²) in [6, 6.07) is 0. The van der Waals surface area contributed by atoms with Crippen LogP contribution in [0.4, 0.5) is 4.79 Å². The normalized spacial score (nSPS) is 16.1. The highest BCUT2D eigenvalue weighted by molar-refractivity contribution is 6.12. The van der Waals surface area contributed by atoms with Gasteiger partial charge in [-0.25, -0.2) is 9.59 Å². The molecule has 0 aromatic heterocycles. The minimum Gasteiger partial charge on any atom is -0.444 e. The summed E-state index contributed by atoms with van der Waals surface area (Å²) in [5.41, 5.74) is -0.686. The van der Waals surface area contributed by atoms with Crippen molar-refractivity contribution >= 4 is 35.7 Å². The average molecular weight is 397 g/mol. The molecule has 0 aromatic carbocycles. The Bertz CT molecular complexity index is 674. The zero-order valence-electron chi connectivity index (χ0n) is 16.1. The van der Waals surface area contributed by atoms with E-state index in [1.807, 2.05) is 0 Å². The molecule has 2 aliphatic heterocycles. The van der Waals surface area contributed by atoms with Gasteiger partial charge in [-0.1, -0.05) is 0 Å². The molecule has 0 aromatic rings. The standard InChI is InChI=1S/C11H16N2O6.C6H7NO2/c1-11(2,3)18-10(17)12-6-9(16)19-13-7(14)4-5-8(13)15;1-2-7-5(8)3-4-6(7)9/h4-6H2,1-3H3,(H,12,17);3-4H,2H2,1H3. The second-order valence-electron chi connectivity index (χ2n) is 6.65. The molecule has 0 atom stereocenters. The number of imide groups is 2. The molecule has 0 aliphatic carbocycles. The molecule has 154 valence electrons. The van der Waals surface area contributed by atoms with Crippen LogP contribution < -0.4 is 5.32 Å². The highest BCUT2D eigenvalue weighted by Crippen LogP contribution is 2.12. The fraction of sp³-hybridized carbons (Fsp3) is 0.529. The minimum absolute atomic E-state index is 0.0195. The maximum atomic E-state index is 11.3. The zero-order valence-corrected chi connectivity index (χ0v) is 16.1. The molecule has 0 bridgehead atoms. The first-order chi connectivity index (χ1) is 12.9. The van der Waals surface area contributed by atoms with Gasteiger partial charge < -0.3 is 14.9 Å². The topological polar surface area (TPSA) is 139 Å². The van der Waals surface area contributed by atoms with E-state index in [1.54, 1.807) is 27.7 Å². The van der Waals surface area contributed by atoms with Gasteiger partial charge in [0.25, 0.3) is 23.6 Å². The number of carbonyl (C=O) groups excluding carboxylic acids is 6. The van der Waals surface area contributed by atoms with Crippen LogP contribution in [0, 0.1) is 0 Å². The number of hydrogen-bond donors (Lipinski definition) is 1. The number of amides is 5. The lowest BCUT2D eigenvalue weighted by Crippen LogP contribution is -2.39. The lowest BCUT2D eigenvalue weighted by atomic mass is 10.2. The number of likely N-dealkylation sites (N-methyl/N-ethyl adjacent to an activating group) is 1. The summed E-state index contributed by atoms with van der Waals surface area (Å²) in [5, 5.41) is 2.57. The van der Waals surface area contributed by atoms with E-state index in [4.69, 9.17) is 4.74 Å². The lowest BCUT2D eigenvalue weighted by Gasteiger charge is -2.19. The first kappa shape index (κ1) is 22.8. The van der Waals surface area contributed by atoms with Crippen LogP contribution in [0.2, 0.25) is 0 Å². The highest BCUT2D eigenvalue weighted by Gasteiger charge is 2.32. The maximum Gasteiger partial charge on any atom is 0.408 e. The summed E-state index contributed by atoms with van der Waals surface area (Å²) in [6.45, 7) is 6.75. The fourth-order valence-corrected chi connectivity index (χ4v) is 1.99. The van der Waals surface area contributed by atoms with Crippen LogP contribution in [0.15, 0.2) is 12.2 Å². The van der Waals surface area contributed by atoms with Gasteiger partial charge in [-0.2, -0.15) is 0 Å². The van der Waals surface area contributed by atoms with Crippen molar-refractivity contribution in [3.8, 4) is 0 Å². The van der Waals surface area contributed by atoms with E-state index in [1.165, 1.54) is 17.1 Å². The smallest absolute Gasteiger partial charge is 0.408 e. The highest BCUT2D eigenvalue weighted by atomic mass is 16.7. The molecule has 0 radical (unpaired) electrons. The Morgan fingerprint density at radius 3 is 1.93 bits per heavy atom. The number of nitrogens with zero attached hydrogens (tertiary/aromatic N) is 2. The van der Waals surface area contributed by atoms with Crippen molar-refractivity contribution in [2.45, 2.75) is 46.1 Å². The van der Waals surface area contributed by atoms with Crippen molar-refractivity contribution in [1.29, 1.82) is 0 Å². The summed E-state index contributed by atoms with van der Waals surface area (Å²) in [5.74, 6) is -2.48. The van der Waals surface area contributed by atoms with Gasteiger partial charge in [0.1, 0.15) is 12.1 Å². The monoisotopic (exact) mass is 397 g/mol. The van der Waals surface area contributed by atoms with Gasteiger partial charge in [0.2, 0.25) is 0 Å². The number of hydrogen-bond acceptors (Lipinski definition) is 8. The summed E-state index contributed by atoms with van der Waals surface area (Å²) >= 11 is 0. The third-order valence-corrected chi connectivity index (χ3v) is 3.19. The van der Waals surface area contributed by atoms with E-state index in [0.29, 0.717) is 11.6 Å². The fourth-order valence-electron chi connectivity index (χ4n) is 1.99. The Hall–Kier alpha value is -3.24. The third kappa shape index (κ3) is 7.17. The number of nitrogens with one attached hydrogen (secondary N) is 1. The van der Waals surface area contributed by atoms with Gasteiger partial charge in [-0.3, -0.25) is 24.1 Å². The molecule has 0 spiro atoms. The number of ether oxygens (including phenoxy) is 1. The quantitative estimate of drug-likeness (QED) is 0.657. The van der Waals surface area contributed by atoms with Crippen LogP contribution in [-0.4, -0.2) is 64.3 Å². The van der Waals surface area contributed by atoms with Crippen molar-refractivity contribution in [3.63, 3.8) is 0 Å². The van der Waals surface area contributed by atoms with Gasteiger partial charge >= 0.3 is 12.1 Å². The summed E-state index contributed by atoms with van der Waals surface area (Å²) in [6.07, 6.45) is 1.82. The molecule has 2 aliphatic rings. The first-order valence-corrected chi connectivity index (χ1v) is 8.51. The van der Waals surface area contributed by atoms with Crippen LogP contribution in [0.25, 0.3) is 0 Å². The van der Waals surface area contributed by atoms with E-state index >= 15 is 0 Å². The average Bonchev–Trinajstić information content (AvgIpc) is 3.07. The summed E-state index contributed by atoms with van der Waals surface area (Å²) in [4.78, 5) is 71.9. The van der Waals surface area contributed by atoms with Crippen LogP contribution in [0.3, 0.4) is 0 Å². The Balaban J connectivity index is 0.000000362. The van der Waals surface area contributed by atoms with Crippen molar-refractivity contribution in [2.75, 3.05) is 13.1 Å². The molecule has 1 N–H and O–H groups in total. The maximum absolute atomic E-state index is 11.3. The molecule has 11 heteroatoms. The van der Waals surface area contributed by atoms with E-state index in [9.17, 15) is 28.8 Å². The van der Waals surface area contributed by atoms with Gasteiger partial charge in [0.05, 0.1) is 0 Å². The predicted octanol–water partition coefficient (Wildman–Crippen LogP) is 0.0496. The molecule has 1 saturated heterocycles. The predicted molar refractivity (Wildman–Crippen MR) is 92.9 cm³/mol. The molecule has 2 rings (SSSR count). The zero-order chi connectivity index (χ0) is 21.5. The third-order valence-electron chi connectivity index (χ3n) is 3.19. The number of alkyl carbamates (subject to hydrolysis) is 1. The molecule has 0 saturated carbocycles. The number of rotatable bonds is 4. The largest absolute Gasteiger partial charge is 0.444 e. The van der Waals surface area contributed by atoms with E-state index in [-0.39, 0.29) is 24.7 Å². The van der Waals surface area contributed by atoms with E-state index in [2.05, 4.69) is 10.2 Å². The molecule has 1 fully saturated rings. The molecule has 11 nitrogen and oxygen atoms in total. The Morgan fingerprint density at radius 1 is 1.04 bits per heavy atom. The Labute approximate surface area is 161 Å². The molecule has 2 heterocycles. The van der Waals surface area contributed by atoms with Gasteiger partial charge in [-0.05, 0) is 27.7 Å². The molecule has 5 amide bonds. The van der Waals surface area contributed by atoms with Crippen LogP contribution >= 0.6 is 0 Å². The van der Waals surface area contributed by atoms with Crippen molar-refractivity contribution in [2.24, 2.45) is 0 Å². The van der Waals surface area contributed by atoms with Crippen molar-refractivity contribution < 1.29 is 38.3 Å². The minimum atomic E-state index is -0.922.